The maximum atomic E-state index is 11.5. The molecule has 5 nitrogen and oxygen atoms in total. The number of aromatic nitrogens is 1. The Morgan fingerprint density at radius 2 is 2.18 bits per heavy atom. The molecule has 0 aliphatic heterocycles. The molecule has 0 fully saturated rings. The standard InChI is InChI=1S/C12H18N2O3/c1-9(2)8-16-6-7-17-12(15)10-4-3-5-11(13)14-10/h3-5,9H,6-8H2,1-2H3,(H2,13,14). The zero-order chi connectivity index (χ0) is 12.7. The monoisotopic (exact) mass is 238 g/mol. The lowest BCUT2D eigenvalue weighted by atomic mass is 10.2. The third-order valence-corrected chi connectivity index (χ3v) is 1.89. The second-order valence-corrected chi connectivity index (χ2v) is 4.05. The maximum absolute atomic E-state index is 11.5. The summed E-state index contributed by atoms with van der Waals surface area (Å²) in [5, 5.41) is 0. The van der Waals surface area contributed by atoms with Crippen molar-refractivity contribution in [1.82, 2.24) is 4.98 Å². The molecule has 0 unspecified atom stereocenters. The van der Waals surface area contributed by atoms with Crippen LogP contribution in [0.25, 0.3) is 0 Å². The SMILES string of the molecule is CC(C)COCCOC(=O)c1cccc(N)n1. The number of anilines is 1. The Balaban J connectivity index is 2.26. The predicted molar refractivity (Wildman–Crippen MR) is 64.6 cm³/mol. The van der Waals surface area contributed by atoms with Gasteiger partial charge in [-0.2, -0.15) is 0 Å². The lowest BCUT2D eigenvalue weighted by Gasteiger charge is -2.07. The van der Waals surface area contributed by atoms with Gasteiger partial charge in [-0.15, -0.1) is 0 Å². The highest BCUT2D eigenvalue weighted by Gasteiger charge is 2.08. The number of carbonyl (C=O) groups is 1. The molecule has 1 aromatic heterocycles. The molecule has 1 heterocycles. The van der Waals surface area contributed by atoms with E-state index in [2.05, 4.69) is 18.8 Å². The first-order valence-electron chi connectivity index (χ1n) is 5.57. The van der Waals surface area contributed by atoms with Gasteiger partial charge >= 0.3 is 5.97 Å². The number of hydrogen-bond donors (Lipinski definition) is 1. The number of pyridine rings is 1. The first-order chi connectivity index (χ1) is 8.09. The molecule has 0 aromatic carbocycles. The van der Waals surface area contributed by atoms with Crippen LogP contribution in [0, 0.1) is 5.92 Å². The fourth-order valence-corrected chi connectivity index (χ4v) is 1.15. The molecule has 0 saturated heterocycles. The minimum atomic E-state index is -0.481. The van der Waals surface area contributed by atoms with E-state index >= 15 is 0 Å². The molecule has 0 atom stereocenters. The normalized spacial score (nSPS) is 10.5. The highest BCUT2D eigenvalue weighted by Crippen LogP contribution is 2.02. The van der Waals surface area contributed by atoms with E-state index in [1.165, 1.54) is 0 Å². The van der Waals surface area contributed by atoms with Crippen LogP contribution in [0.4, 0.5) is 5.82 Å². The second kappa shape index (κ2) is 6.85. The van der Waals surface area contributed by atoms with Gasteiger partial charge in [0.15, 0.2) is 5.69 Å². The van der Waals surface area contributed by atoms with E-state index in [4.69, 9.17) is 15.2 Å². The van der Waals surface area contributed by atoms with E-state index in [0.29, 0.717) is 24.9 Å². The number of nitrogens with zero attached hydrogens (tertiary/aromatic N) is 1. The molecule has 0 amide bonds. The molecule has 0 bridgehead atoms. The third kappa shape index (κ3) is 5.31. The highest BCUT2D eigenvalue weighted by atomic mass is 16.6. The van der Waals surface area contributed by atoms with E-state index in [1.54, 1.807) is 18.2 Å². The smallest absolute Gasteiger partial charge is 0.357 e. The molecule has 1 rings (SSSR count). The summed E-state index contributed by atoms with van der Waals surface area (Å²) >= 11 is 0. The number of carbonyl (C=O) groups excluding carboxylic acids is 1. The molecule has 17 heavy (non-hydrogen) atoms. The van der Waals surface area contributed by atoms with Crippen LogP contribution in [-0.4, -0.2) is 30.8 Å². The van der Waals surface area contributed by atoms with E-state index in [1.807, 2.05) is 0 Å². The van der Waals surface area contributed by atoms with Gasteiger partial charge in [0.1, 0.15) is 12.4 Å². The summed E-state index contributed by atoms with van der Waals surface area (Å²) in [6.45, 7) is 5.40. The Labute approximate surface area is 101 Å². The van der Waals surface area contributed by atoms with Gasteiger partial charge in [0.25, 0.3) is 0 Å². The summed E-state index contributed by atoms with van der Waals surface area (Å²) < 4.78 is 10.3. The maximum Gasteiger partial charge on any atom is 0.357 e. The Morgan fingerprint density at radius 1 is 1.41 bits per heavy atom. The van der Waals surface area contributed by atoms with Gasteiger partial charge in [0.05, 0.1) is 6.61 Å². The van der Waals surface area contributed by atoms with E-state index < -0.39 is 5.97 Å². The third-order valence-electron chi connectivity index (χ3n) is 1.89. The van der Waals surface area contributed by atoms with E-state index in [9.17, 15) is 4.79 Å². The molecule has 2 N–H and O–H groups in total. The molecular formula is C12H18N2O3. The van der Waals surface area contributed by atoms with Crippen LogP contribution in [0.5, 0.6) is 0 Å². The van der Waals surface area contributed by atoms with Crippen molar-refractivity contribution in [2.24, 2.45) is 5.92 Å². The van der Waals surface area contributed by atoms with Gasteiger partial charge < -0.3 is 15.2 Å². The van der Waals surface area contributed by atoms with Crippen molar-refractivity contribution in [3.63, 3.8) is 0 Å². The number of nitrogens with two attached hydrogens (primary N) is 1. The largest absolute Gasteiger partial charge is 0.459 e. The van der Waals surface area contributed by atoms with Gasteiger partial charge in [0, 0.05) is 6.61 Å². The Morgan fingerprint density at radius 3 is 2.82 bits per heavy atom. The zero-order valence-corrected chi connectivity index (χ0v) is 10.2. The molecule has 1 aromatic rings. The molecular weight excluding hydrogens is 220 g/mol. The Bertz CT molecular complexity index is 367. The minimum absolute atomic E-state index is 0.217. The van der Waals surface area contributed by atoms with Crippen LogP contribution >= 0.6 is 0 Å². The number of nitrogen functional groups attached to an aromatic ring is 1. The van der Waals surface area contributed by atoms with Crippen molar-refractivity contribution in [3.05, 3.63) is 23.9 Å². The summed E-state index contributed by atoms with van der Waals surface area (Å²) in [4.78, 5) is 15.4. The van der Waals surface area contributed by atoms with Crippen LogP contribution in [0.1, 0.15) is 24.3 Å². The van der Waals surface area contributed by atoms with Crippen molar-refractivity contribution >= 4 is 11.8 Å². The zero-order valence-electron chi connectivity index (χ0n) is 10.2. The van der Waals surface area contributed by atoms with Crippen LogP contribution in [0.15, 0.2) is 18.2 Å². The Hall–Kier alpha value is -1.62. The van der Waals surface area contributed by atoms with E-state index in [0.717, 1.165) is 0 Å². The fourth-order valence-electron chi connectivity index (χ4n) is 1.15. The van der Waals surface area contributed by atoms with Gasteiger partial charge in [-0.3, -0.25) is 0 Å². The average Bonchev–Trinajstić information content (AvgIpc) is 2.28. The lowest BCUT2D eigenvalue weighted by Crippen LogP contribution is -2.14. The number of esters is 1. The van der Waals surface area contributed by atoms with E-state index in [-0.39, 0.29) is 12.3 Å². The summed E-state index contributed by atoms with van der Waals surface area (Å²) in [7, 11) is 0. The van der Waals surface area contributed by atoms with Crippen LogP contribution in [0.2, 0.25) is 0 Å². The van der Waals surface area contributed by atoms with Crippen molar-refractivity contribution in [3.8, 4) is 0 Å². The molecule has 5 heteroatoms. The summed E-state index contributed by atoms with van der Waals surface area (Å²) in [6.07, 6.45) is 0. The number of hydrogen-bond acceptors (Lipinski definition) is 5. The van der Waals surface area contributed by atoms with Gasteiger partial charge in [-0.05, 0) is 18.1 Å². The first kappa shape index (κ1) is 13.4. The average molecular weight is 238 g/mol. The topological polar surface area (TPSA) is 74.4 Å². The van der Waals surface area contributed by atoms with Crippen molar-refractivity contribution < 1.29 is 14.3 Å². The van der Waals surface area contributed by atoms with Gasteiger partial charge in [0.2, 0.25) is 0 Å². The highest BCUT2D eigenvalue weighted by molar-refractivity contribution is 5.87. The summed E-state index contributed by atoms with van der Waals surface area (Å²) in [5.41, 5.74) is 5.68. The molecule has 0 aliphatic rings. The molecule has 0 radical (unpaired) electrons. The van der Waals surface area contributed by atoms with Crippen molar-refractivity contribution in [2.75, 3.05) is 25.6 Å². The van der Waals surface area contributed by atoms with Crippen LogP contribution < -0.4 is 5.73 Å². The molecule has 0 aliphatic carbocycles. The molecule has 0 saturated carbocycles. The fraction of sp³-hybridized carbons (Fsp3) is 0.500. The minimum Gasteiger partial charge on any atom is -0.459 e. The van der Waals surface area contributed by atoms with Crippen molar-refractivity contribution in [2.45, 2.75) is 13.8 Å². The van der Waals surface area contributed by atoms with Crippen LogP contribution in [0.3, 0.4) is 0 Å². The lowest BCUT2D eigenvalue weighted by molar-refractivity contribution is 0.0272. The van der Waals surface area contributed by atoms with Crippen LogP contribution in [-0.2, 0) is 9.47 Å². The summed E-state index contributed by atoms with van der Waals surface area (Å²) in [6, 6.07) is 4.84. The Kier molecular flexibility index (Phi) is 5.42. The molecule has 94 valence electrons. The van der Waals surface area contributed by atoms with Crippen molar-refractivity contribution in [1.29, 1.82) is 0 Å². The number of rotatable bonds is 6. The quantitative estimate of drug-likeness (QED) is 0.600. The van der Waals surface area contributed by atoms with Gasteiger partial charge in [-0.25, -0.2) is 9.78 Å². The second-order valence-electron chi connectivity index (χ2n) is 4.05. The molecule has 0 spiro atoms. The predicted octanol–water partition coefficient (Wildman–Crippen LogP) is 1.49. The number of ether oxygens (including phenoxy) is 2. The van der Waals surface area contributed by atoms with Gasteiger partial charge in [-0.1, -0.05) is 19.9 Å². The first-order valence-corrected chi connectivity index (χ1v) is 5.57. The summed E-state index contributed by atoms with van der Waals surface area (Å²) in [5.74, 6) is 0.294.